The van der Waals surface area contributed by atoms with E-state index in [-0.39, 0.29) is 11.9 Å². The number of carbonyl (C=O) groups excluding carboxylic acids is 1. The van der Waals surface area contributed by atoms with Gasteiger partial charge in [-0.25, -0.2) is 13.4 Å². The molecule has 1 N–H and O–H groups in total. The molecule has 24 heavy (non-hydrogen) atoms. The first-order chi connectivity index (χ1) is 11.3. The summed E-state index contributed by atoms with van der Waals surface area (Å²) in [6.07, 6.45) is 3.47. The molecule has 0 aliphatic carbocycles. The summed E-state index contributed by atoms with van der Waals surface area (Å²) in [6, 6.07) is 1.72. The fourth-order valence-corrected chi connectivity index (χ4v) is 4.13. The van der Waals surface area contributed by atoms with E-state index in [0.717, 1.165) is 10.7 Å². The van der Waals surface area contributed by atoms with Crippen LogP contribution in [0.4, 0.5) is 0 Å². The van der Waals surface area contributed by atoms with E-state index in [0.29, 0.717) is 31.7 Å². The summed E-state index contributed by atoms with van der Waals surface area (Å²) >= 11 is 1.43. The molecule has 8 nitrogen and oxygen atoms in total. The van der Waals surface area contributed by atoms with Crippen molar-refractivity contribution >= 4 is 27.3 Å². The Bertz CT molecular complexity index is 842. The molecule has 2 aromatic heterocycles. The van der Waals surface area contributed by atoms with E-state index in [4.69, 9.17) is 0 Å². The molecule has 3 heterocycles. The van der Waals surface area contributed by atoms with Crippen molar-refractivity contribution in [3.8, 4) is 0 Å². The Balaban J connectivity index is 1.63. The van der Waals surface area contributed by atoms with Crippen LogP contribution in [0.2, 0.25) is 0 Å². The third-order valence-electron chi connectivity index (χ3n) is 3.93. The first kappa shape index (κ1) is 17.1. The van der Waals surface area contributed by atoms with E-state index in [2.05, 4.69) is 15.4 Å². The minimum Gasteiger partial charge on any atom is -0.351 e. The Kier molecular flexibility index (Phi) is 4.70. The van der Waals surface area contributed by atoms with Crippen molar-refractivity contribution in [2.45, 2.75) is 25.9 Å². The second-order valence-electron chi connectivity index (χ2n) is 5.77. The summed E-state index contributed by atoms with van der Waals surface area (Å²) < 4.78 is 27.0. The van der Waals surface area contributed by atoms with E-state index < -0.39 is 10.0 Å². The average Bonchev–Trinajstić information content (AvgIpc) is 3.14. The molecular weight excluding hydrogens is 350 g/mol. The second kappa shape index (κ2) is 6.61. The maximum absolute atomic E-state index is 12.0. The molecule has 0 saturated carbocycles. The first-order valence-corrected chi connectivity index (χ1v) is 10.3. The van der Waals surface area contributed by atoms with Crippen molar-refractivity contribution in [2.24, 2.45) is 0 Å². The first-order valence-electron chi connectivity index (χ1n) is 7.52. The normalized spacial score (nSPS) is 18.3. The molecule has 1 aliphatic rings. The lowest BCUT2D eigenvalue weighted by Gasteiger charge is -2.32. The lowest BCUT2D eigenvalue weighted by Crippen LogP contribution is -2.41. The third kappa shape index (κ3) is 3.65. The van der Waals surface area contributed by atoms with Crippen LogP contribution >= 0.6 is 11.3 Å². The van der Waals surface area contributed by atoms with Gasteiger partial charge in [0.1, 0.15) is 5.69 Å². The van der Waals surface area contributed by atoms with Crippen molar-refractivity contribution in [3.63, 3.8) is 0 Å². The van der Waals surface area contributed by atoms with Crippen LogP contribution < -0.4 is 5.32 Å². The van der Waals surface area contributed by atoms with Crippen LogP contribution in [0.1, 0.15) is 33.7 Å². The van der Waals surface area contributed by atoms with Gasteiger partial charge >= 0.3 is 0 Å². The summed E-state index contributed by atoms with van der Waals surface area (Å²) in [4.78, 5) is 16.2. The zero-order chi connectivity index (χ0) is 17.3. The summed E-state index contributed by atoms with van der Waals surface area (Å²) in [5.74, 6) is -0.212. The molecule has 0 saturated heterocycles. The molecule has 1 aliphatic heterocycles. The molecule has 0 fully saturated rings. The summed E-state index contributed by atoms with van der Waals surface area (Å²) in [7, 11) is -3.26. The highest BCUT2D eigenvalue weighted by molar-refractivity contribution is 7.88. The van der Waals surface area contributed by atoms with Crippen molar-refractivity contribution in [1.29, 1.82) is 0 Å². The van der Waals surface area contributed by atoms with Crippen molar-refractivity contribution < 1.29 is 13.2 Å². The van der Waals surface area contributed by atoms with E-state index >= 15 is 0 Å². The number of nitrogens with zero attached hydrogens (tertiary/aromatic N) is 4. The molecule has 1 atom stereocenters. The fourth-order valence-electron chi connectivity index (χ4n) is 2.73. The average molecular weight is 369 g/mol. The van der Waals surface area contributed by atoms with Gasteiger partial charge in [-0.2, -0.15) is 9.40 Å². The van der Waals surface area contributed by atoms with Gasteiger partial charge in [0, 0.05) is 24.7 Å². The Hall–Kier alpha value is -1.78. The number of rotatable bonds is 5. The molecule has 10 heteroatoms. The molecule has 0 aromatic carbocycles. The van der Waals surface area contributed by atoms with Gasteiger partial charge in [-0.05, 0) is 19.4 Å². The smallest absolute Gasteiger partial charge is 0.270 e. The number of hydrogen-bond donors (Lipinski definition) is 1. The number of sulfonamides is 1. The maximum atomic E-state index is 12.0. The standard InChI is InChI=1S/C14H19N5O3S2/c1-10-17-13(9-23-10)14(20)15-5-3-11-7-18(24(2,21)22)8-12-4-6-16-19(11)12/h4,6,9,11H,3,5,7-8H2,1-2H3,(H,15,20). The molecule has 0 radical (unpaired) electrons. The number of thiazole rings is 1. The molecule has 1 amide bonds. The number of nitrogens with one attached hydrogen (secondary N) is 1. The van der Waals surface area contributed by atoms with Gasteiger partial charge in [0.25, 0.3) is 5.91 Å². The lowest BCUT2D eigenvalue weighted by atomic mass is 10.1. The number of amides is 1. The number of fused-ring (bicyclic) bond motifs is 1. The lowest BCUT2D eigenvalue weighted by molar-refractivity contribution is 0.0945. The zero-order valence-corrected chi connectivity index (χ0v) is 15.1. The van der Waals surface area contributed by atoms with Gasteiger partial charge in [-0.15, -0.1) is 11.3 Å². The van der Waals surface area contributed by atoms with Gasteiger partial charge < -0.3 is 5.32 Å². The summed E-state index contributed by atoms with van der Waals surface area (Å²) in [5.41, 5.74) is 1.27. The van der Waals surface area contributed by atoms with E-state index in [9.17, 15) is 13.2 Å². The highest BCUT2D eigenvalue weighted by Gasteiger charge is 2.30. The molecule has 2 aromatic rings. The predicted octanol–water partition coefficient (Wildman–Crippen LogP) is 0.784. The zero-order valence-electron chi connectivity index (χ0n) is 13.5. The molecule has 130 valence electrons. The van der Waals surface area contributed by atoms with Crippen LogP contribution in [0.3, 0.4) is 0 Å². The highest BCUT2D eigenvalue weighted by Crippen LogP contribution is 2.24. The van der Waals surface area contributed by atoms with Crippen LogP contribution in [0, 0.1) is 6.92 Å². The SMILES string of the molecule is Cc1nc(C(=O)NCCC2CN(S(C)(=O)=O)Cc3ccnn32)cs1. The van der Waals surface area contributed by atoms with Gasteiger partial charge in [-0.1, -0.05) is 0 Å². The Morgan fingerprint density at radius 1 is 1.50 bits per heavy atom. The molecular formula is C14H19N5O3S2. The molecule has 0 spiro atoms. The van der Waals surface area contributed by atoms with E-state index in [1.54, 1.807) is 11.6 Å². The van der Waals surface area contributed by atoms with Gasteiger partial charge in [-0.3, -0.25) is 9.48 Å². The minimum absolute atomic E-state index is 0.101. The number of aromatic nitrogens is 3. The van der Waals surface area contributed by atoms with E-state index in [1.807, 2.05) is 17.7 Å². The van der Waals surface area contributed by atoms with Crippen molar-refractivity contribution in [1.82, 2.24) is 24.4 Å². The van der Waals surface area contributed by atoms with E-state index in [1.165, 1.54) is 21.9 Å². The quantitative estimate of drug-likeness (QED) is 0.840. The number of carbonyl (C=O) groups is 1. The largest absolute Gasteiger partial charge is 0.351 e. The van der Waals surface area contributed by atoms with Crippen LogP contribution in [-0.4, -0.2) is 52.7 Å². The van der Waals surface area contributed by atoms with Crippen LogP contribution in [0.25, 0.3) is 0 Å². The number of aryl methyl sites for hydroxylation is 1. The Morgan fingerprint density at radius 3 is 2.96 bits per heavy atom. The second-order valence-corrected chi connectivity index (χ2v) is 8.82. The summed E-state index contributed by atoms with van der Waals surface area (Å²) in [6.45, 7) is 2.97. The monoisotopic (exact) mass is 369 g/mol. The topological polar surface area (TPSA) is 97.2 Å². The molecule has 0 bridgehead atoms. The Labute approximate surface area is 144 Å². The summed E-state index contributed by atoms with van der Waals surface area (Å²) in [5, 5.41) is 9.69. The van der Waals surface area contributed by atoms with Gasteiger partial charge in [0.2, 0.25) is 10.0 Å². The van der Waals surface area contributed by atoms with Crippen LogP contribution in [0.15, 0.2) is 17.6 Å². The molecule has 1 unspecified atom stereocenters. The van der Waals surface area contributed by atoms with Gasteiger partial charge in [0.05, 0.1) is 29.5 Å². The molecule has 3 rings (SSSR count). The number of hydrogen-bond acceptors (Lipinski definition) is 6. The third-order valence-corrected chi connectivity index (χ3v) is 5.92. The minimum atomic E-state index is -3.26. The van der Waals surface area contributed by atoms with Crippen molar-refractivity contribution in [3.05, 3.63) is 34.0 Å². The van der Waals surface area contributed by atoms with Crippen molar-refractivity contribution in [2.75, 3.05) is 19.3 Å². The Morgan fingerprint density at radius 2 is 2.29 bits per heavy atom. The van der Waals surface area contributed by atoms with Crippen LogP contribution in [0.5, 0.6) is 0 Å². The van der Waals surface area contributed by atoms with Crippen LogP contribution in [-0.2, 0) is 16.6 Å². The van der Waals surface area contributed by atoms with Gasteiger partial charge in [0.15, 0.2) is 0 Å². The maximum Gasteiger partial charge on any atom is 0.270 e. The highest BCUT2D eigenvalue weighted by atomic mass is 32.2. The fraction of sp³-hybridized carbons (Fsp3) is 0.500. The predicted molar refractivity (Wildman–Crippen MR) is 90.3 cm³/mol.